The molecule has 0 aliphatic carbocycles. The van der Waals surface area contributed by atoms with Crippen LogP contribution in [0.4, 0.5) is 16.2 Å². The molecule has 0 aliphatic rings. The average molecular weight is 249 g/mol. The standard InChI is InChI=1S/C13H19N3O2/c1-9(17)14-10-6-5-7-11(8-10)15-12(18)16-13(2,3)4/h5-8H,1-4H3,(H,14,17)(H2,15,16,18). The van der Waals surface area contributed by atoms with Crippen molar-refractivity contribution in [1.82, 2.24) is 5.32 Å². The molecule has 0 fully saturated rings. The minimum Gasteiger partial charge on any atom is -0.333 e. The van der Waals surface area contributed by atoms with Crippen LogP contribution in [0.1, 0.15) is 27.7 Å². The van der Waals surface area contributed by atoms with Gasteiger partial charge in [0.05, 0.1) is 0 Å². The van der Waals surface area contributed by atoms with Crippen molar-refractivity contribution in [3.8, 4) is 0 Å². The summed E-state index contributed by atoms with van der Waals surface area (Å²) in [6.45, 7) is 7.15. The van der Waals surface area contributed by atoms with E-state index in [1.165, 1.54) is 6.92 Å². The fourth-order valence-electron chi connectivity index (χ4n) is 1.38. The van der Waals surface area contributed by atoms with Crippen LogP contribution in [-0.4, -0.2) is 17.5 Å². The normalized spacial score (nSPS) is 10.7. The number of anilines is 2. The maximum atomic E-state index is 11.7. The quantitative estimate of drug-likeness (QED) is 0.754. The van der Waals surface area contributed by atoms with Gasteiger partial charge in [-0.2, -0.15) is 0 Å². The van der Waals surface area contributed by atoms with E-state index >= 15 is 0 Å². The van der Waals surface area contributed by atoms with Gasteiger partial charge >= 0.3 is 6.03 Å². The highest BCUT2D eigenvalue weighted by Crippen LogP contribution is 2.15. The smallest absolute Gasteiger partial charge is 0.319 e. The Labute approximate surface area is 107 Å². The number of benzene rings is 1. The molecule has 0 saturated carbocycles. The zero-order chi connectivity index (χ0) is 13.8. The molecule has 0 atom stereocenters. The van der Waals surface area contributed by atoms with Gasteiger partial charge in [-0.1, -0.05) is 6.07 Å². The van der Waals surface area contributed by atoms with E-state index in [0.29, 0.717) is 11.4 Å². The second-order valence-electron chi connectivity index (χ2n) is 5.09. The molecule has 3 N–H and O–H groups in total. The van der Waals surface area contributed by atoms with Crippen LogP contribution in [0, 0.1) is 0 Å². The Kier molecular flexibility index (Phi) is 4.31. The molecule has 5 heteroatoms. The molecule has 18 heavy (non-hydrogen) atoms. The van der Waals surface area contributed by atoms with Crippen LogP contribution in [0.3, 0.4) is 0 Å². The molecule has 1 aromatic carbocycles. The lowest BCUT2D eigenvalue weighted by atomic mass is 10.1. The van der Waals surface area contributed by atoms with Crippen LogP contribution in [-0.2, 0) is 4.79 Å². The van der Waals surface area contributed by atoms with Crippen LogP contribution < -0.4 is 16.0 Å². The van der Waals surface area contributed by atoms with Crippen molar-refractivity contribution >= 4 is 23.3 Å². The maximum Gasteiger partial charge on any atom is 0.319 e. The highest BCUT2D eigenvalue weighted by atomic mass is 16.2. The van der Waals surface area contributed by atoms with Crippen molar-refractivity contribution in [1.29, 1.82) is 0 Å². The van der Waals surface area contributed by atoms with Crippen molar-refractivity contribution in [2.75, 3.05) is 10.6 Å². The number of nitrogens with one attached hydrogen (secondary N) is 3. The molecular formula is C13H19N3O2. The highest BCUT2D eigenvalue weighted by Gasteiger charge is 2.13. The number of hydrogen-bond donors (Lipinski definition) is 3. The van der Waals surface area contributed by atoms with Crippen LogP contribution in [0.25, 0.3) is 0 Å². The lowest BCUT2D eigenvalue weighted by Crippen LogP contribution is -2.43. The Morgan fingerprint density at radius 2 is 1.61 bits per heavy atom. The number of rotatable bonds is 2. The molecule has 0 bridgehead atoms. The van der Waals surface area contributed by atoms with E-state index in [2.05, 4.69) is 16.0 Å². The first-order valence-electron chi connectivity index (χ1n) is 5.73. The second kappa shape index (κ2) is 5.53. The fraction of sp³-hybridized carbons (Fsp3) is 0.385. The first-order chi connectivity index (χ1) is 8.26. The molecule has 0 heterocycles. The monoisotopic (exact) mass is 249 g/mol. The molecule has 1 rings (SSSR count). The van der Waals surface area contributed by atoms with Crippen molar-refractivity contribution in [2.45, 2.75) is 33.2 Å². The minimum atomic E-state index is -0.292. The molecule has 98 valence electrons. The zero-order valence-corrected chi connectivity index (χ0v) is 11.1. The van der Waals surface area contributed by atoms with Gasteiger partial charge in [-0.05, 0) is 39.0 Å². The predicted octanol–water partition coefficient (Wildman–Crippen LogP) is 2.57. The Morgan fingerprint density at radius 1 is 1.06 bits per heavy atom. The summed E-state index contributed by atoms with van der Waals surface area (Å²) in [7, 11) is 0. The predicted molar refractivity (Wildman–Crippen MR) is 72.7 cm³/mol. The van der Waals surface area contributed by atoms with E-state index in [4.69, 9.17) is 0 Å². The molecule has 0 spiro atoms. The van der Waals surface area contributed by atoms with E-state index in [-0.39, 0.29) is 17.5 Å². The van der Waals surface area contributed by atoms with Gasteiger partial charge in [0.1, 0.15) is 0 Å². The number of amides is 3. The summed E-state index contributed by atoms with van der Waals surface area (Å²) >= 11 is 0. The summed E-state index contributed by atoms with van der Waals surface area (Å²) < 4.78 is 0. The van der Waals surface area contributed by atoms with Crippen molar-refractivity contribution in [3.05, 3.63) is 24.3 Å². The first-order valence-corrected chi connectivity index (χ1v) is 5.73. The molecule has 0 unspecified atom stereocenters. The van der Waals surface area contributed by atoms with E-state index < -0.39 is 0 Å². The molecule has 0 aromatic heterocycles. The zero-order valence-electron chi connectivity index (χ0n) is 11.1. The number of urea groups is 1. The Morgan fingerprint density at radius 3 is 2.11 bits per heavy atom. The molecule has 3 amide bonds. The van der Waals surface area contributed by atoms with Gasteiger partial charge in [0.25, 0.3) is 0 Å². The van der Waals surface area contributed by atoms with E-state index in [1.807, 2.05) is 20.8 Å². The molecule has 5 nitrogen and oxygen atoms in total. The van der Waals surface area contributed by atoms with Gasteiger partial charge in [-0.25, -0.2) is 4.79 Å². The first kappa shape index (κ1) is 14.0. The largest absolute Gasteiger partial charge is 0.333 e. The number of carbonyl (C=O) groups is 2. The van der Waals surface area contributed by atoms with E-state index in [0.717, 1.165) is 0 Å². The molecule has 0 saturated heterocycles. The fourth-order valence-corrected chi connectivity index (χ4v) is 1.38. The summed E-state index contributed by atoms with van der Waals surface area (Å²) in [6.07, 6.45) is 0. The summed E-state index contributed by atoms with van der Waals surface area (Å²) in [4.78, 5) is 22.6. The van der Waals surface area contributed by atoms with Crippen LogP contribution in [0.2, 0.25) is 0 Å². The van der Waals surface area contributed by atoms with E-state index in [1.54, 1.807) is 24.3 Å². The van der Waals surface area contributed by atoms with Gasteiger partial charge < -0.3 is 16.0 Å². The number of hydrogen-bond acceptors (Lipinski definition) is 2. The molecule has 1 aromatic rings. The minimum absolute atomic E-state index is 0.147. The maximum absolute atomic E-state index is 11.7. The van der Waals surface area contributed by atoms with Crippen molar-refractivity contribution in [3.63, 3.8) is 0 Å². The Hall–Kier alpha value is -2.04. The topological polar surface area (TPSA) is 70.2 Å². The Bertz CT molecular complexity index is 450. The lowest BCUT2D eigenvalue weighted by molar-refractivity contribution is -0.114. The van der Waals surface area contributed by atoms with Crippen LogP contribution in [0.5, 0.6) is 0 Å². The van der Waals surface area contributed by atoms with Gasteiger partial charge in [0, 0.05) is 23.8 Å². The highest BCUT2D eigenvalue weighted by molar-refractivity contribution is 5.92. The summed E-state index contributed by atoms with van der Waals surface area (Å²) in [6, 6.07) is 6.70. The van der Waals surface area contributed by atoms with Gasteiger partial charge in [-0.15, -0.1) is 0 Å². The van der Waals surface area contributed by atoms with Gasteiger partial charge in [0.2, 0.25) is 5.91 Å². The molecular weight excluding hydrogens is 230 g/mol. The summed E-state index contributed by atoms with van der Waals surface area (Å²) in [5.74, 6) is -0.147. The lowest BCUT2D eigenvalue weighted by Gasteiger charge is -2.20. The van der Waals surface area contributed by atoms with Crippen molar-refractivity contribution < 1.29 is 9.59 Å². The van der Waals surface area contributed by atoms with Gasteiger partial charge in [-0.3, -0.25) is 4.79 Å². The van der Waals surface area contributed by atoms with E-state index in [9.17, 15) is 9.59 Å². The second-order valence-corrected chi connectivity index (χ2v) is 5.09. The van der Waals surface area contributed by atoms with Crippen LogP contribution >= 0.6 is 0 Å². The molecule has 0 radical (unpaired) electrons. The average Bonchev–Trinajstić information content (AvgIpc) is 2.13. The number of carbonyl (C=O) groups excluding carboxylic acids is 2. The van der Waals surface area contributed by atoms with Crippen molar-refractivity contribution in [2.24, 2.45) is 0 Å². The third-order valence-corrected chi connectivity index (χ3v) is 1.93. The molecule has 0 aliphatic heterocycles. The Balaban J connectivity index is 2.67. The summed E-state index contributed by atoms with van der Waals surface area (Å²) in [5.41, 5.74) is 0.985. The SMILES string of the molecule is CC(=O)Nc1cccc(NC(=O)NC(C)(C)C)c1. The van der Waals surface area contributed by atoms with Gasteiger partial charge in [0.15, 0.2) is 0 Å². The third kappa shape index (κ3) is 5.34. The third-order valence-electron chi connectivity index (χ3n) is 1.93. The van der Waals surface area contributed by atoms with Crippen LogP contribution in [0.15, 0.2) is 24.3 Å². The summed E-state index contributed by atoms with van der Waals surface area (Å²) in [5, 5.41) is 8.16.